The zero-order valence-corrected chi connectivity index (χ0v) is 18.8. The minimum Gasteiger partial charge on any atom is -0.459 e. The largest absolute Gasteiger partial charge is 0.459 e. The van der Waals surface area contributed by atoms with Crippen molar-refractivity contribution in [3.8, 4) is 11.5 Å². The molecule has 1 unspecified atom stereocenters. The van der Waals surface area contributed by atoms with Gasteiger partial charge in [-0.25, -0.2) is 4.79 Å². The van der Waals surface area contributed by atoms with Gasteiger partial charge in [-0.1, -0.05) is 36.9 Å². The zero-order chi connectivity index (χ0) is 22.7. The summed E-state index contributed by atoms with van der Waals surface area (Å²) >= 11 is 0. The Labute approximate surface area is 188 Å². The lowest BCUT2D eigenvalue weighted by molar-refractivity contribution is -0.130. The number of esters is 1. The Morgan fingerprint density at radius 2 is 1.91 bits per heavy atom. The molecule has 3 aromatic carbocycles. The van der Waals surface area contributed by atoms with Crippen LogP contribution in [0.4, 0.5) is 11.4 Å². The van der Waals surface area contributed by atoms with Crippen molar-refractivity contribution in [1.82, 2.24) is 0 Å². The number of para-hydroxylation sites is 1. The van der Waals surface area contributed by atoms with Gasteiger partial charge in [0.05, 0.1) is 11.6 Å². The van der Waals surface area contributed by atoms with Crippen molar-refractivity contribution in [2.75, 3.05) is 11.4 Å². The highest BCUT2D eigenvalue weighted by atomic mass is 16.5. The van der Waals surface area contributed by atoms with Gasteiger partial charge in [-0.15, -0.1) is 0 Å². The Hall–Kier alpha value is -3.60. The van der Waals surface area contributed by atoms with Gasteiger partial charge in [-0.2, -0.15) is 0 Å². The molecule has 0 aromatic heterocycles. The van der Waals surface area contributed by atoms with Crippen LogP contribution in [0.2, 0.25) is 0 Å². The van der Waals surface area contributed by atoms with Gasteiger partial charge in [0.2, 0.25) is 5.72 Å². The molecular weight excluding hydrogens is 400 g/mol. The van der Waals surface area contributed by atoms with Gasteiger partial charge in [0.1, 0.15) is 17.2 Å². The molecule has 0 fully saturated rings. The van der Waals surface area contributed by atoms with Crippen LogP contribution < -0.4 is 14.4 Å². The Kier molecular flexibility index (Phi) is 4.41. The number of anilines is 1. The van der Waals surface area contributed by atoms with Gasteiger partial charge in [0, 0.05) is 23.2 Å². The number of rotatable bonds is 3. The maximum absolute atomic E-state index is 12.0. The summed E-state index contributed by atoms with van der Waals surface area (Å²) in [6.45, 7) is 12.6. The van der Waals surface area contributed by atoms with E-state index in [1.807, 2.05) is 30.5 Å². The molecule has 2 aliphatic heterocycles. The first-order chi connectivity index (χ1) is 15.3. The lowest BCUT2D eigenvalue weighted by Crippen LogP contribution is -2.62. The topological polar surface area (TPSA) is 51.1 Å². The van der Waals surface area contributed by atoms with Crippen LogP contribution in [0, 0.1) is 0 Å². The number of fused-ring (bicyclic) bond motifs is 4. The molecule has 5 nitrogen and oxygen atoms in total. The first kappa shape index (κ1) is 20.3. The Balaban J connectivity index is 1.62. The van der Waals surface area contributed by atoms with Gasteiger partial charge in [-0.3, -0.25) is 4.99 Å². The predicted molar refractivity (Wildman–Crippen MR) is 128 cm³/mol. The number of nitrogens with zero attached hydrogens (tertiary/aromatic N) is 2. The molecule has 0 aliphatic carbocycles. The Morgan fingerprint density at radius 3 is 2.66 bits per heavy atom. The van der Waals surface area contributed by atoms with Crippen molar-refractivity contribution >= 4 is 34.3 Å². The second kappa shape index (κ2) is 6.95. The lowest BCUT2D eigenvalue weighted by Gasteiger charge is -2.46. The Morgan fingerprint density at radius 1 is 1.16 bits per heavy atom. The molecule has 5 rings (SSSR count). The fourth-order valence-electron chi connectivity index (χ4n) is 4.85. The molecular formula is C27H26N2O3. The monoisotopic (exact) mass is 426 g/mol. The van der Waals surface area contributed by atoms with E-state index < -0.39 is 11.7 Å². The normalized spacial score (nSPS) is 20.1. The average Bonchev–Trinajstić information content (AvgIpc) is 2.96. The van der Waals surface area contributed by atoms with Gasteiger partial charge in [0.15, 0.2) is 0 Å². The van der Waals surface area contributed by atoms with Gasteiger partial charge < -0.3 is 14.4 Å². The van der Waals surface area contributed by atoms with E-state index in [1.165, 1.54) is 11.3 Å². The minimum atomic E-state index is -0.726. The van der Waals surface area contributed by atoms with Crippen LogP contribution in [0.5, 0.6) is 11.5 Å². The van der Waals surface area contributed by atoms with Gasteiger partial charge >= 0.3 is 5.97 Å². The second-order valence-electron chi connectivity index (χ2n) is 8.91. The molecule has 5 heteroatoms. The van der Waals surface area contributed by atoms with Crippen LogP contribution in [0.3, 0.4) is 0 Å². The molecule has 0 radical (unpaired) electrons. The van der Waals surface area contributed by atoms with E-state index in [0.717, 1.165) is 23.0 Å². The molecule has 0 saturated heterocycles. The van der Waals surface area contributed by atoms with Crippen molar-refractivity contribution in [3.63, 3.8) is 0 Å². The summed E-state index contributed by atoms with van der Waals surface area (Å²) in [4.78, 5) is 19.2. The molecule has 32 heavy (non-hydrogen) atoms. The maximum Gasteiger partial charge on any atom is 0.338 e. The Bertz CT molecular complexity index is 1310. The summed E-state index contributed by atoms with van der Waals surface area (Å²) < 4.78 is 12.2. The predicted octanol–water partition coefficient (Wildman–Crippen LogP) is 5.93. The molecule has 162 valence electrons. The first-order valence-corrected chi connectivity index (χ1v) is 10.8. The van der Waals surface area contributed by atoms with E-state index in [4.69, 9.17) is 14.5 Å². The number of ether oxygens (including phenoxy) is 2. The van der Waals surface area contributed by atoms with Crippen LogP contribution in [0.15, 0.2) is 71.7 Å². The van der Waals surface area contributed by atoms with Crippen molar-refractivity contribution in [2.45, 2.75) is 38.8 Å². The molecule has 3 aromatic rings. The summed E-state index contributed by atoms with van der Waals surface area (Å²) in [5, 5.41) is 1.87. The smallest absolute Gasteiger partial charge is 0.338 e. The summed E-state index contributed by atoms with van der Waals surface area (Å²) in [5.41, 5.74) is 2.47. The summed E-state index contributed by atoms with van der Waals surface area (Å²) in [6, 6.07) is 18.0. The van der Waals surface area contributed by atoms with E-state index in [1.54, 1.807) is 13.0 Å². The van der Waals surface area contributed by atoms with Gasteiger partial charge in [-0.05, 0) is 62.9 Å². The SMILES string of the molecule is C=C(C)C(=O)Oc1ccc2ccc3c(c2c1)N=CC1(O3)N(CC)c2ccccc2C1(C)C. The molecule has 2 heterocycles. The summed E-state index contributed by atoms with van der Waals surface area (Å²) in [5.74, 6) is 0.720. The number of aliphatic imine (C=N–C) groups is 1. The number of hydrogen-bond acceptors (Lipinski definition) is 5. The lowest BCUT2D eigenvalue weighted by atomic mass is 9.77. The fourth-order valence-corrected chi connectivity index (χ4v) is 4.85. The van der Waals surface area contributed by atoms with Crippen LogP contribution in [-0.4, -0.2) is 24.5 Å². The standard InChI is InChI=1S/C27H26N2O3/c1-6-29-22-10-8-7-9-21(22)26(4,5)27(29)16-28-24-20-15-19(31-25(30)17(2)3)13-11-18(20)12-14-23(24)32-27/h7-16H,2,6H2,1,3-5H3. The maximum atomic E-state index is 12.0. The number of hydrogen-bond donors (Lipinski definition) is 0. The fraction of sp³-hybridized carbons (Fsp3) is 0.259. The highest BCUT2D eigenvalue weighted by Gasteiger charge is 2.59. The molecule has 2 aliphatic rings. The molecule has 0 amide bonds. The second-order valence-corrected chi connectivity index (χ2v) is 8.91. The number of carbonyl (C=O) groups excluding carboxylic acids is 1. The first-order valence-electron chi connectivity index (χ1n) is 10.8. The third kappa shape index (κ3) is 2.70. The average molecular weight is 427 g/mol. The van der Waals surface area contributed by atoms with E-state index in [-0.39, 0.29) is 5.41 Å². The molecule has 1 spiro atoms. The quantitative estimate of drug-likeness (QED) is 0.296. The number of benzene rings is 3. The van der Waals surface area contributed by atoms with Crippen LogP contribution >= 0.6 is 0 Å². The molecule has 0 N–H and O–H groups in total. The highest BCUT2D eigenvalue weighted by molar-refractivity contribution is 6.01. The number of carbonyl (C=O) groups is 1. The molecule has 1 atom stereocenters. The van der Waals surface area contributed by atoms with Crippen LogP contribution in [0.1, 0.15) is 33.3 Å². The third-order valence-corrected chi connectivity index (χ3v) is 6.60. The van der Waals surface area contributed by atoms with E-state index in [2.05, 4.69) is 56.5 Å². The summed E-state index contributed by atoms with van der Waals surface area (Å²) in [7, 11) is 0. The van der Waals surface area contributed by atoms with Crippen molar-refractivity contribution in [3.05, 3.63) is 72.3 Å². The van der Waals surface area contributed by atoms with Crippen molar-refractivity contribution in [2.24, 2.45) is 4.99 Å². The van der Waals surface area contributed by atoms with Crippen LogP contribution in [-0.2, 0) is 10.2 Å². The molecule has 0 bridgehead atoms. The van der Waals surface area contributed by atoms with Crippen LogP contribution in [0.25, 0.3) is 10.8 Å². The summed E-state index contributed by atoms with van der Waals surface area (Å²) in [6.07, 6.45) is 1.94. The number of likely N-dealkylation sites (N-methyl/N-ethyl adjacent to an activating group) is 1. The zero-order valence-electron chi connectivity index (χ0n) is 18.8. The molecule has 0 saturated carbocycles. The highest BCUT2D eigenvalue weighted by Crippen LogP contribution is 2.54. The van der Waals surface area contributed by atoms with Gasteiger partial charge in [0.25, 0.3) is 0 Å². The van der Waals surface area contributed by atoms with Crippen molar-refractivity contribution in [1.29, 1.82) is 0 Å². The third-order valence-electron chi connectivity index (χ3n) is 6.60. The van der Waals surface area contributed by atoms with E-state index in [0.29, 0.717) is 17.1 Å². The van der Waals surface area contributed by atoms with Crippen molar-refractivity contribution < 1.29 is 14.3 Å². The minimum absolute atomic E-state index is 0.311. The van der Waals surface area contributed by atoms with E-state index >= 15 is 0 Å². The van der Waals surface area contributed by atoms with E-state index in [9.17, 15) is 4.79 Å².